The monoisotopic (exact) mass is 303 g/mol. The third-order valence-corrected chi connectivity index (χ3v) is 3.44. The summed E-state index contributed by atoms with van der Waals surface area (Å²) in [7, 11) is 0. The lowest BCUT2D eigenvalue weighted by Gasteiger charge is -2.32. The molecule has 0 aliphatic carbocycles. The van der Waals surface area contributed by atoms with E-state index < -0.39 is 28.9 Å². The molecule has 4 nitrogen and oxygen atoms in total. The number of carbonyl (C=O) groups is 1. The number of amides is 1. The van der Waals surface area contributed by atoms with Crippen LogP contribution in [0.4, 0.5) is 13.2 Å². The Morgan fingerprint density at radius 2 is 1.90 bits per heavy atom. The molecule has 1 fully saturated rings. The van der Waals surface area contributed by atoms with Crippen LogP contribution in [-0.2, 0) is 4.74 Å². The minimum Gasteiger partial charge on any atom is -0.394 e. The normalized spacial score (nSPS) is 16.3. The number of aliphatic hydroxyl groups is 1. The molecule has 1 saturated heterocycles. The maximum Gasteiger partial charge on any atom is 0.256 e. The summed E-state index contributed by atoms with van der Waals surface area (Å²) < 4.78 is 45.0. The van der Waals surface area contributed by atoms with E-state index in [1.807, 2.05) is 0 Å². The number of nitrogens with zero attached hydrogens (tertiary/aromatic N) is 1. The van der Waals surface area contributed by atoms with Gasteiger partial charge in [0.2, 0.25) is 0 Å². The molecule has 0 spiro atoms. The molecule has 21 heavy (non-hydrogen) atoms. The van der Waals surface area contributed by atoms with Crippen molar-refractivity contribution >= 4 is 5.91 Å². The van der Waals surface area contributed by atoms with E-state index in [1.54, 1.807) is 0 Å². The highest BCUT2D eigenvalue weighted by atomic mass is 19.2. The molecule has 116 valence electrons. The highest BCUT2D eigenvalue weighted by molar-refractivity contribution is 5.94. The molecule has 1 aromatic rings. The summed E-state index contributed by atoms with van der Waals surface area (Å²) in [4.78, 5) is 13.5. The molecule has 0 atom stereocenters. The van der Waals surface area contributed by atoms with Crippen molar-refractivity contribution in [3.63, 3.8) is 0 Å². The van der Waals surface area contributed by atoms with Crippen LogP contribution in [0.1, 0.15) is 23.2 Å². The van der Waals surface area contributed by atoms with E-state index in [0.717, 1.165) is 12.1 Å². The fourth-order valence-electron chi connectivity index (χ4n) is 2.31. The summed E-state index contributed by atoms with van der Waals surface area (Å²) in [5.74, 6) is -5.08. The fraction of sp³-hybridized carbons (Fsp3) is 0.500. The summed E-state index contributed by atoms with van der Waals surface area (Å²) in [6.07, 6.45) is 1.05. The fourth-order valence-corrected chi connectivity index (χ4v) is 2.31. The average molecular weight is 303 g/mol. The molecule has 0 unspecified atom stereocenters. The number of likely N-dealkylation sites (tertiary alicyclic amines) is 1. The van der Waals surface area contributed by atoms with E-state index in [0.29, 0.717) is 25.9 Å². The Kier molecular flexibility index (Phi) is 5.19. The first-order valence-corrected chi connectivity index (χ1v) is 6.69. The number of rotatable bonds is 4. The Hall–Kier alpha value is -1.60. The SMILES string of the molecule is O=C(c1ccc(F)c(F)c1F)N1CCC(OCCO)CC1. The van der Waals surface area contributed by atoms with Gasteiger partial charge in [0.15, 0.2) is 17.5 Å². The van der Waals surface area contributed by atoms with Gasteiger partial charge in [-0.2, -0.15) is 0 Å². The van der Waals surface area contributed by atoms with Gasteiger partial charge < -0.3 is 14.7 Å². The topological polar surface area (TPSA) is 49.8 Å². The molecule has 0 radical (unpaired) electrons. The summed E-state index contributed by atoms with van der Waals surface area (Å²) in [6.45, 7) is 0.844. The lowest BCUT2D eigenvalue weighted by atomic mass is 10.1. The van der Waals surface area contributed by atoms with E-state index >= 15 is 0 Å². The quantitative estimate of drug-likeness (QED) is 0.862. The number of carbonyl (C=O) groups excluding carboxylic acids is 1. The number of hydrogen-bond donors (Lipinski definition) is 1. The van der Waals surface area contributed by atoms with Crippen molar-refractivity contribution < 1.29 is 27.8 Å². The highest BCUT2D eigenvalue weighted by Crippen LogP contribution is 2.20. The first-order valence-electron chi connectivity index (χ1n) is 6.69. The van der Waals surface area contributed by atoms with Crippen molar-refractivity contribution in [3.8, 4) is 0 Å². The molecular weight excluding hydrogens is 287 g/mol. The van der Waals surface area contributed by atoms with Crippen molar-refractivity contribution in [2.45, 2.75) is 18.9 Å². The van der Waals surface area contributed by atoms with Gasteiger partial charge in [0, 0.05) is 13.1 Å². The molecule has 1 N–H and O–H groups in total. The summed E-state index contributed by atoms with van der Waals surface area (Å²) >= 11 is 0. The van der Waals surface area contributed by atoms with E-state index in [9.17, 15) is 18.0 Å². The molecule has 0 bridgehead atoms. The van der Waals surface area contributed by atoms with Crippen molar-refractivity contribution in [3.05, 3.63) is 35.1 Å². The van der Waals surface area contributed by atoms with E-state index in [-0.39, 0.29) is 19.3 Å². The molecule has 1 aromatic carbocycles. The van der Waals surface area contributed by atoms with Crippen molar-refractivity contribution in [1.82, 2.24) is 4.90 Å². The zero-order chi connectivity index (χ0) is 15.4. The van der Waals surface area contributed by atoms with E-state index in [2.05, 4.69) is 0 Å². The van der Waals surface area contributed by atoms with Crippen LogP contribution in [0.2, 0.25) is 0 Å². The minimum absolute atomic E-state index is 0.0593. The van der Waals surface area contributed by atoms with E-state index in [4.69, 9.17) is 9.84 Å². The molecular formula is C14H16F3NO3. The summed E-state index contributed by atoms with van der Waals surface area (Å²) in [5, 5.41) is 8.67. The molecule has 1 heterocycles. The zero-order valence-electron chi connectivity index (χ0n) is 11.3. The number of piperidine rings is 1. The van der Waals surface area contributed by atoms with Crippen LogP contribution in [-0.4, -0.2) is 48.3 Å². The van der Waals surface area contributed by atoms with Gasteiger partial charge in [0.1, 0.15) is 0 Å². The third kappa shape index (κ3) is 3.54. The lowest BCUT2D eigenvalue weighted by Crippen LogP contribution is -2.41. The zero-order valence-corrected chi connectivity index (χ0v) is 11.3. The number of ether oxygens (including phenoxy) is 1. The highest BCUT2D eigenvalue weighted by Gasteiger charge is 2.27. The minimum atomic E-state index is -1.64. The largest absolute Gasteiger partial charge is 0.394 e. The van der Waals surface area contributed by atoms with Crippen LogP contribution in [0.25, 0.3) is 0 Å². The molecule has 1 aliphatic heterocycles. The van der Waals surface area contributed by atoms with Crippen LogP contribution in [0.3, 0.4) is 0 Å². The van der Waals surface area contributed by atoms with Crippen molar-refractivity contribution in [1.29, 1.82) is 0 Å². The van der Waals surface area contributed by atoms with Crippen molar-refractivity contribution in [2.75, 3.05) is 26.3 Å². The average Bonchev–Trinajstić information content (AvgIpc) is 2.51. The van der Waals surface area contributed by atoms with Crippen LogP contribution in [0.15, 0.2) is 12.1 Å². The Bertz CT molecular complexity index is 516. The van der Waals surface area contributed by atoms with Gasteiger partial charge in [-0.1, -0.05) is 0 Å². The molecule has 0 saturated carbocycles. The number of benzene rings is 1. The molecule has 7 heteroatoms. The second-order valence-electron chi connectivity index (χ2n) is 4.81. The predicted octanol–water partition coefficient (Wildman–Crippen LogP) is 1.72. The molecule has 2 rings (SSSR count). The Balaban J connectivity index is 2.01. The standard InChI is InChI=1S/C14H16F3NO3/c15-11-2-1-10(12(16)13(11)17)14(20)18-5-3-9(4-6-18)21-8-7-19/h1-2,9,19H,3-8H2. The van der Waals surface area contributed by atoms with Gasteiger partial charge in [-0.05, 0) is 25.0 Å². The van der Waals surface area contributed by atoms with Crippen molar-refractivity contribution in [2.24, 2.45) is 0 Å². The third-order valence-electron chi connectivity index (χ3n) is 3.44. The van der Waals surface area contributed by atoms with E-state index in [1.165, 1.54) is 4.90 Å². The lowest BCUT2D eigenvalue weighted by molar-refractivity contribution is -0.00563. The first kappa shape index (κ1) is 15.8. The molecule has 1 aliphatic rings. The predicted molar refractivity (Wildman–Crippen MR) is 68.3 cm³/mol. The smallest absolute Gasteiger partial charge is 0.256 e. The van der Waals surface area contributed by atoms with Crippen LogP contribution >= 0.6 is 0 Å². The second-order valence-corrected chi connectivity index (χ2v) is 4.81. The van der Waals surface area contributed by atoms with Gasteiger partial charge in [0.05, 0.1) is 24.9 Å². The second kappa shape index (κ2) is 6.91. The van der Waals surface area contributed by atoms with Crippen LogP contribution < -0.4 is 0 Å². The maximum absolute atomic E-state index is 13.6. The van der Waals surface area contributed by atoms with Gasteiger partial charge in [-0.25, -0.2) is 13.2 Å². The Morgan fingerprint density at radius 1 is 1.24 bits per heavy atom. The molecule has 0 aromatic heterocycles. The Morgan fingerprint density at radius 3 is 2.52 bits per heavy atom. The van der Waals surface area contributed by atoms with Crippen LogP contribution in [0.5, 0.6) is 0 Å². The summed E-state index contributed by atoms with van der Waals surface area (Å²) in [6, 6.07) is 1.69. The molecule has 1 amide bonds. The number of halogens is 3. The van der Waals surface area contributed by atoms with Gasteiger partial charge >= 0.3 is 0 Å². The first-order chi connectivity index (χ1) is 10.0. The Labute approximate surface area is 120 Å². The number of aliphatic hydroxyl groups excluding tert-OH is 1. The van der Waals surface area contributed by atoms with Gasteiger partial charge in [-0.3, -0.25) is 4.79 Å². The van der Waals surface area contributed by atoms with Gasteiger partial charge in [0.25, 0.3) is 5.91 Å². The number of hydrogen-bond acceptors (Lipinski definition) is 3. The van der Waals surface area contributed by atoms with Crippen LogP contribution in [0, 0.1) is 17.5 Å². The van der Waals surface area contributed by atoms with Gasteiger partial charge in [-0.15, -0.1) is 0 Å². The maximum atomic E-state index is 13.6. The summed E-state index contributed by atoms with van der Waals surface area (Å²) in [5.41, 5.74) is -0.469.